The van der Waals surface area contributed by atoms with Gasteiger partial charge < -0.3 is 11.1 Å². The summed E-state index contributed by atoms with van der Waals surface area (Å²) in [7, 11) is 0. The number of alkyl halides is 2. The van der Waals surface area contributed by atoms with E-state index in [4.69, 9.17) is 5.73 Å². The maximum atomic E-state index is 12.3. The third-order valence-corrected chi connectivity index (χ3v) is 1.80. The summed E-state index contributed by atoms with van der Waals surface area (Å²) in [6.45, 7) is -0.871. The predicted molar refractivity (Wildman–Crippen MR) is 48.9 cm³/mol. The minimum Gasteiger partial charge on any atom is -0.330 e. The van der Waals surface area contributed by atoms with Crippen molar-refractivity contribution in [2.75, 3.05) is 13.1 Å². The summed E-state index contributed by atoms with van der Waals surface area (Å²) >= 11 is 0. The molecule has 0 fully saturated rings. The molecule has 6 heteroatoms. The summed E-state index contributed by atoms with van der Waals surface area (Å²) in [6.07, 6.45) is 3.46. The highest BCUT2D eigenvalue weighted by atomic mass is 19.3. The van der Waals surface area contributed by atoms with Crippen LogP contribution in [0.5, 0.6) is 0 Å². The highest BCUT2D eigenvalue weighted by Gasteiger charge is 2.09. The van der Waals surface area contributed by atoms with E-state index in [1.54, 1.807) is 0 Å². The number of halogens is 2. The lowest BCUT2D eigenvalue weighted by Crippen LogP contribution is -2.20. The SMILES string of the molecule is NCCCNCc1nccn1C(F)F. The Balaban J connectivity index is 2.38. The van der Waals surface area contributed by atoms with Crippen molar-refractivity contribution in [2.24, 2.45) is 5.73 Å². The first-order valence-corrected chi connectivity index (χ1v) is 4.46. The van der Waals surface area contributed by atoms with Crippen molar-refractivity contribution in [2.45, 2.75) is 19.5 Å². The maximum Gasteiger partial charge on any atom is 0.319 e. The zero-order chi connectivity index (χ0) is 10.4. The van der Waals surface area contributed by atoms with Crippen LogP contribution in [-0.4, -0.2) is 22.6 Å². The van der Waals surface area contributed by atoms with Crippen molar-refractivity contribution in [3.63, 3.8) is 0 Å². The third-order valence-electron chi connectivity index (χ3n) is 1.80. The van der Waals surface area contributed by atoms with E-state index < -0.39 is 6.55 Å². The first-order chi connectivity index (χ1) is 6.75. The van der Waals surface area contributed by atoms with Gasteiger partial charge in [0, 0.05) is 12.4 Å². The van der Waals surface area contributed by atoms with Crippen molar-refractivity contribution < 1.29 is 8.78 Å². The molecule has 0 aliphatic carbocycles. The molecule has 1 rings (SSSR count). The molecule has 0 aromatic carbocycles. The molecular weight excluding hydrogens is 190 g/mol. The van der Waals surface area contributed by atoms with Crippen LogP contribution in [0, 0.1) is 0 Å². The van der Waals surface area contributed by atoms with Gasteiger partial charge in [-0.15, -0.1) is 0 Å². The quantitative estimate of drug-likeness (QED) is 0.671. The highest BCUT2D eigenvalue weighted by Crippen LogP contribution is 2.11. The molecule has 0 saturated heterocycles. The number of rotatable bonds is 6. The second kappa shape index (κ2) is 5.66. The third kappa shape index (κ3) is 3.04. The molecule has 14 heavy (non-hydrogen) atoms. The van der Waals surface area contributed by atoms with Gasteiger partial charge in [0.25, 0.3) is 0 Å². The fourth-order valence-corrected chi connectivity index (χ4v) is 1.09. The molecule has 0 bridgehead atoms. The van der Waals surface area contributed by atoms with Crippen LogP contribution in [0.15, 0.2) is 12.4 Å². The lowest BCUT2D eigenvalue weighted by Gasteiger charge is -2.06. The van der Waals surface area contributed by atoms with Crippen LogP contribution in [0.25, 0.3) is 0 Å². The number of nitrogens with one attached hydrogen (secondary N) is 1. The van der Waals surface area contributed by atoms with E-state index >= 15 is 0 Å². The highest BCUT2D eigenvalue weighted by molar-refractivity contribution is 4.92. The molecule has 1 aromatic heterocycles. The fraction of sp³-hybridized carbons (Fsp3) is 0.625. The Hall–Kier alpha value is -1.01. The Bertz CT molecular complexity index is 262. The van der Waals surface area contributed by atoms with E-state index in [1.165, 1.54) is 12.4 Å². The van der Waals surface area contributed by atoms with Gasteiger partial charge in [-0.2, -0.15) is 8.78 Å². The number of nitrogens with zero attached hydrogens (tertiary/aromatic N) is 2. The van der Waals surface area contributed by atoms with Crippen LogP contribution >= 0.6 is 0 Å². The smallest absolute Gasteiger partial charge is 0.319 e. The van der Waals surface area contributed by atoms with Gasteiger partial charge in [0.1, 0.15) is 5.82 Å². The van der Waals surface area contributed by atoms with Gasteiger partial charge in [0.05, 0.1) is 6.54 Å². The van der Waals surface area contributed by atoms with Gasteiger partial charge in [-0.25, -0.2) is 4.98 Å². The normalized spacial score (nSPS) is 11.1. The van der Waals surface area contributed by atoms with Gasteiger partial charge in [-0.1, -0.05) is 0 Å². The Morgan fingerprint density at radius 3 is 3.00 bits per heavy atom. The van der Waals surface area contributed by atoms with Gasteiger partial charge >= 0.3 is 6.55 Å². The summed E-state index contributed by atoms with van der Waals surface area (Å²) in [5.41, 5.74) is 5.29. The van der Waals surface area contributed by atoms with E-state index in [0.717, 1.165) is 11.0 Å². The Morgan fingerprint density at radius 2 is 2.36 bits per heavy atom. The zero-order valence-electron chi connectivity index (χ0n) is 7.79. The molecule has 0 atom stereocenters. The largest absolute Gasteiger partial charge is 0.330 e. The minimum atomic E-state index is -2.52. The van der Waals surface area contributed by atoms with E-state index in [9.17, 15) is 8.78 Å². The number of aromatic nitrogens is 2. The molecule has 0 spiro atoms. The molecule has 0 amide bonds. The zero-order valence-corrected chi connectivity index (χ0v) is 7.79. The lowest BCUT2D eigenvalue weighted by molar-refractivity contribution is 0.0666. The van der Waals surface area contributed by atoms with Crippen LogP contribution in [0.2, 0.25) is 0 Å². The fourth-order valence-electron chi connectivity index (χ4n) is 1.09. The number of nitrogens with two attached hydrogens (primary N) is 1. The molecule has 80 valence electrons. The van der Waals surface area contributed by atoms with Crippen LogP contribution in [0.1, 0.15) is 18.8 Å². The van der Waals surface area contributed by atoms with Crippen molar-refractivity contribution in [1.29, 1.82) is 0 Å². The molecule has 0 unspecified atom stereocenters. The summed E-state index contributed by atoms with van der Waals surface area (Å²) < 4.78 is 25.5. The Kier molecular flexibility index (Phi) is 4.48. The van der Waals surface area contributed by atoms with Gasteiger partial charge in [0.2, 0.25) is 0 Å². The molecule has 1 heterocycles. The van der Waals surface area contributed by atoms with Crippen LogP contribution in [0.3, 0.4) is 0 Å². The topological polar surface area (TPSA) is 55.9 Å². The molecule has 0 aliphatic rings. The lowest BCUT2D eigenvalue weighted by atomic mass is 10.4. The van der Waals surface area contributed by atoms with Gasteiger partial charge in [-0.05, 0) is 19.5 Å². The van der Waals surface area contributed by atoms with E-state index in [-0.39, 0.29) is 0 Å². The number of imidazole rings is 1. The van der Waals surface area contributed by atoms with E-state index in [0.29, 0.717) is 25.5 Å². The average molecular weight is 204 g/mol. The second-order valence-corrected chi connectivity index (χ2v) is 2.85. The monoisotopic (exact) mass is 204 g/mol. The van der Waals surface area contributed by atoms with Crippen LogP contribution < -0.4 is 11.1 Å². The van der Waals surface area contributed by atoms with Crippen molar-refractivity contribution >= 4 is 0 Å². The summed E-state index contributed by atoms with van der Waals surface area (Å²) in [4.78, 5) is 3.82. The van der Waals surface area contributed by atoms with E-state index in [2.05, 4.69) is 10.3 Å². The van der Waals surface area contributed by atoms with Crippen LogP contribution in [0.4, 0.5) is 8.78 Å². The van der Waals surface area contributed by atoms with Crippen molar-refractivity contribution in [3.8, 4) is 0 Å². The Morgan fingerprint density at radius 1 is 1.57 bits per heavy atom. The summed E-state index contributed by atoms with van der Waals surface area (Å²) in [5.74, 6) is 0.344. The molecule has 0 aliphatic heterocycles. The molecular formula is C8H14F2N4. The summed E-state index contributed by atoms with van der Waals surface area (Å²) in [5, 5.41) is 2.99. The average Bonchev–Trinajstić information content (AvgIpc) is 2.60. The molecule has 3 N–H and O–H groups in total. The van der Waals surface area contributed by atoms with Crippen molar-refractivity contribution in [3.05, 3.63) is 18.2 Å². The van der Waals surface area contributed by atoms with E-state index in [1.807, 2.05) is 0 Å². The van der Waals surface area contributed by atoms with Gasteiger partial charge in [-0.3, -0.25) is 4.57 Å². The molecule has 4 nitrogen and oxygen atoms in total. The van der Waals surface area contributed by atoms with Crippen molar-refractivity contribution in [1.82, 2.24) is 14.9 Å². The standard InChI is InChI=1S/C8H14F2N4/c9-8(10)14-5-4-13-7(14)6-12-3-1-2-11/h4-5,8,12H,1-3,6,11H2. The number of hydrogen-bond donors (Lipinski definition) is 2. The summed E-state index contributed by atoms with van der Waals surface area (Å²) in [6, 6.07) is 0. The molecule has 1 aromatic rings. The molecule has 0 saturated carbocycles. The molecule has 0 radical (unpaired) electrons. The van der Waals surface area contributed by atoms with Gasteiger partial charge in [0.15, 0.2) is 0 Å². The predicted octanol–water partition coefficient (Wildman–Crippen LogP) is 0.717. The Labute approximate surface area is 81.1 Å². The maximum absolute atomic E-state index is 12.3. The minimum absolute atomic E-state index is 0.344. The second-order valence-electron chi connectivity index (χ2n) is 2.85. The number of hydrogen-bond acceptors (Lipinski definition) is 3. The first-order valence-electron chi connectivity index (χ1n) is 4.46. The first kappa shape index (κ1) is 11.1. The van der Waals surface area contributed by atoms with Crippen LogP contribution in [-0.2, 0) is 6.54 Å².